The van der Waals surface area contributed by atoms with E-state index < -0.39 is 10.0 Å². The second-order valence-corrected chi connectivity index (χ2v) is 6.80. The molecule has 118 valence electrons. The summed E-state index contributed by atoms with van der Waals surface area (Å²) < 4.78 is 27.2. The fourth-order valence-corrected chi connectivity index (χ4v) is 3.34. The van der Waals surface area contributed by atoms with Gasteiger partial charge in [-0.2, -0.15) is 0 Å². The Kier molecular flexibility index (Phi) is 6.51. The van der Waals surface area contributed by atoms with Crippen molar-refractivity contribution in [1.29, 1.82) is 0 Å². The highest BCUT2D eigenvalue weighted by Crippen LogP contribution is 2.11. The Bertz CT molecular complexity index is 563. The summed E-state index contributed by atoms with van der Waals surface area (Å²) in [7, 11) is -3.55. The van der Waals surface area contributed by atoms with Crippen molar-refractivity contribution in [2.75, 3.05) is 19.6 Å². The quantitative estimate of drug-likeness (QED) is 0.745. The van der Waals surface area contributed by atoms with Gasteiger partial charge in [-0.05, 0) is 39.1 Å². The fraction of sp³-hybridized carbons (Fsp3) is 0.533. The standard InChI is InChI=1S/C15H24N2O3S/c1-5-17(6-2)11-12(3)16-21(19,20)15-9-7-14(8-10-15)13(4)18/h7-10,12,16H,5-6,11H2,1-4H3. The molecule has 0 bridgehead atoms. The smallest absolute Gasteiger partial charge is 0.240 e. The molecule has 1 unspecified atom stereocenters. The summed E-state index contributed by atoms with van der Waals surface area (Å²) in [6.07, 6.45) is 0. The second-order valence-electron chi connectivity index (χ2n) is 5.09. The highest BCUT2D eigenvalue weighted by Gasteiger charge is 2.18. The number of benzene rings is 1. The number of rotatable bonds is 8. The first-order valence-electron chi connectivity index (χ1n) is 7.15. The van der Waals surface area contributed by atoms with Crippen molar-refractivity contribution in [3.63, 3.8) is 0 Å². The van der Waals surface area contributed by atoms with Crippen LogP contribution in [0.1, 0.15) is 38.1 Å². The van der Waals surface area contributed by atoms with Crippen molar-refractivity contribution in [2.24, 2.45) is 0 Å². The topological polar surface area (TPSA) is 66.5 Å². The maximum atomic E-state index is 12.3. The van der Waals surface area contributed by atoms with Crippen molar-refractivity contribution < 1.29 is 13.2 Å². The Balaban J connectivity index is 2.79. The van der Waals surface area contributed by atoms with E-state index in [1.165, 1.54) is 31.2 Å². The number of carbonyl (C=O) groups excluding carboxylic acids is 1. The first kappa shape index (κ1) is 17.8. The minimum atomic E-state index is -3.55. The first-order chi connectivity index (χ1) is 9.80. The molecule has 0 saturated heterocycles. The zero-order chi connectivity index (χ0) is 16.0. The number of nitrogens with one attached hydrogen (secondary N) is 1. The van der Waals surface area contributed by atoms with Gasteiger partial charge in [0.05, 0.1) is 4.90 Å². The molecule has 0 fully saturated rings. The van der Waals surface area contributed by atoms with E-state index in [0.29, 0.717) is 12.1 Å². The molecule has 5 nitrogen and oxygen atoms in total. The van der Waals surface area contributed by atoms with Gasteiger partial charge in [0.25, 0.3) is 0 Å². The van der Waals surface area contributed by atoms with E-state index >= 15 is 0 Å². The van der Waals surface area contributed by atoms with E-state index in [9.17, 15) is 13.2 Å². The molecule has 0 aliphatic rings. The van der Waals surface area contributed by atoms with Gasteiger partial charge >= 0.3 is 0 Å². The van der Waals surface area contributed by atoms with Crippen LogP contribution in [0.5, 0.6) is 0 Å². The monoisotopic (exact) mass is 312 g/mol. The third kappa shape index (κ3) is 5.22. The summed E-state index contributed by atoms with van der Waals surface area (Å²) >= 11 is 0. The van der Waals surface area contributed by atoms with Crippen LogP contribution < -0.4 is 4.72 Å². The Labute approximate surface area is 127 Å². The summed E-state index contributed by atoms with van der Waals surface area (Å²) in [4.78, 5) is 13.5. The molecule has 0 aliphatic carbocycles. The number of sulfonamides is 1. The Morgan fingerprint density at radius 2 is 1.71 bits per heavy atom. The van der Waals surface area contributed by atoms with E-state index in [-0.39, 0.29) is 16.7 Å². The lowest BCUT2D eigenvalue weighted by atomic mass is 10.2. The number of Topliss-reactive ketones (excluding diaryl/α,β-unsaturated/α-hetero) is 1. The minimum Gasteiger partial charge on any atom is -0.302 e. The van der Waals surface area contributed by atoms with Crippen molar-refractivity contribution >= 4 is 15.8 Å². The van der Waals surface area contributed by atoms with Gasteiger partial charge in [0, 0.05) is 18.2 Å². The van der Waals surface area contributed by atoms with Gasteiger partial charge in [0.2, 0.25) is 10.0 Å². The largest absolute Gasteiger partial charge is 0.302 e. The van der Waals surface area contributed by atoms with Crippen molar-refractivity contribution in [2.45, 2.75) is 38.6 Å². The lowest BCUT2D eigenvalue weighted by Crippen LogP contribution is -2.41. The lowest BCUT2D eigenvalue weighted by molar-refractivity contribution is 0.101. The molecule has 21 heavy (non-hydrogen) atoms. The summed E-state index contributed by atoms with van der Waals surface area (Å²) in [5.74, 6) is -0.0817. The van der Waals surface area contributed by atoms with E-state index in [4.69, 9.17) is 0 Å². The molecule has 0 radical (unpaired) electrons. The van der Waals surface area contributed by atoms with Crippen molar-refractivity contribution in [1.82, 2.24) is 9.62 Å². The predicted molar refractivity (Wildman–Crippen MR) is 84.0 cm³/mol. The van der Waals surface area contributed by atoms with Crippen LogP contribution in [-0.4, -0.2) is 44.8 Å². The number of hydrogen-bond donors (Lipinski definition) is 1. The SMILES string of the molecule is CCN(CC)CC(C)NS(=O)(=O)c1ccc(C(C)=O)cc1. The van der Waals surface area contributed by atoms with Crippen LogP contribution in [-0.2, 0) is 10.0 Å². The molecule has 1 aromatic carbocycles. The normalized spacial score (nSPS) is 13.4. The molecular weight excluding hydrogens is 288 g/mol. The Hall–Kier alpha value is -1.24. The fourth-order valence-electron chi connectivity index (χ4n) is 2.11. The number of hydrogen-bond acceptors (Lipinski definition) is 4. The summed E-state index contributed by atoms with van der Waals surface area (Å²) in [5, 5.41) is 0. The summed E-state index contributed by atoms with van der Waals surface area (Å²) in [6.45, 7) is 9.83. The Morgan fingerprint density at radius 3 is 2.14 bits per heavy atom. The van der Waals surface area contributed by atoms with Gasteiger partial charge in [0.1, 0.15) is 0 Å². The van der Waals surface area contributed by atoms with Crippen LogP contribution >= 0.6 is 0 Å². The summed E-state index contributed by atoms with van der Waals surface area (Å²) in [6, 6.07) is 5.81. The molecule has 0 saturated carbocycles. The third-order valence-corrected chi connectivity index (χ3v) is 4.96. The molecule has 0 aliphatic heterocycles. The van der Waals surface area contributed by atoms with Crippen LogP contribution in [0.2, 0.25) is 0 Å². The van der Waals surface area contributed by atoms with Crippen LogP contribution in [0, 0.1) is 0 Å². The number of ketones is 1. The average Bonchev–Trinajstić information content (AvgIpc) is 2.44. The highest BCUT2D eigenvalue weighted by molar-refractivity contribution is 7.89. The van der Waals surface area contributed by atoms with Gasteiger partial charge in [-0.15, -0.1) is 0 Å². The lowest BCUT2D eigenvalue weighted by Gasteiger charge is -2.23. The molecule has 6 heteroatoms. The molecular formula is C15H24N2O3S. The molecule has 1 N–H and O–H groups in total. The molecule has 0 amide bonds. The molecule has 1 aromatic rings. The molecule has 1 rings (SSSR count). The first-order valence-corrected chi connectivity index (χ1v) is 8.64. The molecule has 0 spiro atoms. The maximum absolute atomic E-state index is 12.3. The third-order valence-electron chi connectivity index (χ3n) is 3.35. The molecule has 0 aromatic heterocycles. The van der Waals surface area contributed by atoms with Crippen LogP contribution in [0.25, 0.3) is 0 Å². The number of likely N-dealkylation sites (N-methyl/N-ethyl adjacent to an activating group) is 1. The van der Waals surface area contributed by atoms with Gasteiger partial charge < -0.3 is 4.90 Å². The van der Waals surface area contributed by atoms with E-state index in [0.717, 1.165) is 13.1 Å². The van der Waals surface area contributed by atoms with Gasteiger partial charge in [0.15, 0.2) is 5.78 Å². The van der Waals surface area contributed by atoms with Gasteiger partial charge in [-0.3, -0.25) is 4.79 Å². The maximum Gasteiger partial charge on any atom is 0.240 e. The van der Waals surface area contributed by atoms with Crippen molar-refractivity contribution in [3.8, 4) is 0 Å². The van der Waals surface area contributed by atoms with Crippen LogP contribution in [0.3, 0.4) is 0 Å². The van der Waals surface area contributed by atoms with Crippen LogP contribution in [0.4, 0.5) is 0 Å². The van der Waals surface area contributed by atoms with E-state index in [2.05, 4.69) is 9.62 Å². The average molecular weight is 312 g/mol. The number of carbonyl (C=O) groups is 1. The molecule has 0 heterocycles. The minimum absolute atomic E-state index is 0.0817. The second kappa shape index (κ2) is 7.68. The van der Waals surface area contributed by atoms with Crippen molar-refractivity contribution in [3.05, 3.63) is 29.8 Å². The predicted octanol–water partition coefficient (Wildman–Crippen LogP) is 1.90. The summed E-state index contributed by atoms with van der Waals surface area (Å²) in [5.41, 5.74) is 0.505. The van der Waals surface area contributed by atoms with Gasteiger partial charge in [-0.1, -0.05) is 26.0 Å². The zero-order valence-corrected chi connectivity index (χ0v) is 13.9. The number of nitrogens with zero attached hydrogens (tertiary/aromatic N) is 1. The molecule has 1 atom stereocenters. The van der Waals surface area contributed by atoms with Gasteiger partial charge in [-0.25, -0.2) is 13.1 Å². The zero-order valence-electron chi connectivity index (χ0n) is 13.1. The van der Waals surface area contributed by atoms with E-state index in [1.807, 2.05) is 20.8 Å². The van der Waals surface area contributed by atoms with Crippen LogP contribution in [0.15, 0.2) is 29.2 Å². The van der Waals surface area contributed by atoms with E-state index in [1.54, 1.807) is 0 Å². The Morgan fingerprint density at radius 1 is 1.19 bits per heavy atom. The highest BCUT2D eigenvalue weighted by atomic mass is 32.2.